The maximum atomic E-state index is 11.9. The van der Waals surface area contributed by atoms with E-state index in [0.717, 1.165) is 35.4 Å². The van der Waals surface area contributed by atoms with Crippen molar-refractivity contribution >= 4 is 17.2 Å². The third-order valence-corrected chi connectivity index (χ3v) is 4.66. The first-order valence-corrected chi connectivity index (χ1v) is 6.79. The number of aromatic nitrogens is 1. The number of nitrogens with one attached hydrogen (secondary N) is 1. The van der Waals surface area contributed by atoms with Crippen molar-refractivity contribution in [1.29, 1.82) is 0 Å². The summed E-state index contributed by atoms with van der Waals surface area (Å²) >= 11 is 1.62. The second-order valence-corrected chi connectivity index (χ2v) is 5.97. The molecular formula is C12H16N2OS. The molecule has 1 aromatic rings. The average Bonchev–Trinajstić information content (AvgIpc) is 2.71. The van der Waals surface area contributed by atoms with Crippen molar-refractivity contribution in [1.82, 2.24) is 10.3 Å². The Kier molecular flexibility index (Phi) is 2.46. The largest absolute Gasteiger partial charge is 0.349 e. The number of fused-ring (bicyclic) bond motifs is 1. The molecule has 2 saturated carbocycles. The van der Waals surface area contributed by atoms with Crippen molar-refractivity contribution in [3.63, 3.8) is 0 Å². The van der Waals surface area contributed by atoms with Crippen LogP contribution in [0.5, 0.6) is 0 Å². The summed E-state index contributed by atoms with van der Waals surface area (Å²) in [7, 11) is 0. The highest BCUT2D eigenvalue weighted by atomic mass is 32.1. The Morgan fingerprint density at radius 3 is 2.88 bits per heavy atom. The zero-order valence-electron chi connectivity index (χ0n) is 9.40. The van der Waals surface area contributed by atoms with Crippen LogP contribution in [0.2, 0.25) is 0 Å². The summed E-state index contributed by atoms with van der Waals surface area (Å²) in [5, 5.41) is 6.03. The number of nitrogens with zero attached hydrogens (tertiary/aromatic N) is 1. The van der Waals surface area contributed by atoms with Crippen molar-refractivity contribution in [3.8, 4) is 0 Å². The first-order valence-electron chi connectivity index (χ1n) is 5.91. The molecule has 86 valence electrons. The molecule has 0 radical (unpaired) electrons. The second kappa shape index (κ2) is 3.84. The van der Waals surface area contributed by atoms with E-state index in [9.17, 15) is 4.79 Å². The van der Waals surface area contributed by atoms with Gasteiger partial charge in [-0.2, -0.15) is 0 Å². The molecule has 1 aromatic heterocycles. The molecular weight excluding hydrogens is 220 g/mol. The van der Waals surface area contributed by atoms with Gasteiger partial charge >= 0.3 is 0 Å². The zero-order chi connectivity index (χ0) is 11.1. The predicted octanol–water partition coefficient (Wildman–Crippen LogP) is 2.11. The summed E-state index contributed by atoms with van der Waals surface area (Å²) in [6.07, 6.45) is 3.61. The van der Waals surface area contributed by atoms with Crippen LogP contribution in [0.3, 0.4) is 0 Å². The lowest BCUT2D eigenvalue weighted by atomic mass is 10.0. The first-order chi connectivity index (χ1) is 7.72. The molecule has 2 fully saturated rings. The van der Waals surface area contributed by atoms with Gasteiger partial charge in [-0.05, 0) is 38.0 Å². The highest BCUT2D eigenvalue weighted by Crippen LogP contribution is 2.54. The fourth-order valence-electron chi connectivity index (χ4n) is 2.72. The van der Waals surface area contributed by atoms with Gasteiger partial charge in [-0.25, -0.2) is 4.98 Å². The Bertz CT molecular complexity index is 405. The molecule has 16 heavy (non-hydrogen) atoms. The highest BCUT2D eigenvalue weighted by molar-refractivity contribution is 7.09. The summed E-state index contributed by atoms with van der Waals surface area (Å²) in [6, 6.07) is 0. The normalized spacial score (nSPS) is 31.2. The van der Waals surface area contributed by atoms with Crippen LogP contribution in [0.15, 0.2) is 5.38 Å². The molecule has 0 aliphatic heterocycles. The molecule has 0 bridgehead atoms. The molecule has 3 rings (SSSR count). The third kappa shape index (κ3) is 1.98. The number of thiazole rings is 1. The molecule has 2 atom stereocenters. The van der Waals surface area contributed by atoms with Gasteiger partial charge in [-0.1, -0.05) is 0 Å². The molecule has 2 aliphatic rings. The van der Waals surface area contributed by atoms with Crippen LogP contribution >= 0.6 is 11.3 Å². The molecule has 4 heteroatoms. The van der Waals surface area contributed by atoms with Crippen LogP contribution in [0.4, 0.5) is 0 Å². The standard InChI is InChI=1S/C12H16N2OS/c1-7-6-16-11(14-7)5-13-12(15)10-3-8-2-9(8)4-10/h6,8-10H,2-5H2,1H3,(H,13,15). The smallest absolute Gasteiger partial charge is 0.223 e. The SMILES string of the molecule is Cc1csc(CNC(=O)C2CC3CC3C2)n1. The van der Waals surface area contributed by atoms with E-state index in [1.807, 2.05) is 12.3 Å². The van der Waals surface area contributed by atoms with Crippen LogP contribution in [-0.4, -0.2) is 10.9 Å². The predicted molar refractivity (Wildman–Crippen MR) is 63.0 cm³/mol. The Morgan fingerprint density at radius 1 is 1.50 bits per heavy atom. The van der Waals surface area contributed by atoms with Crippen LogP contribution < -0.4 is 5.32 Å². The quantitative estimate of drug-likeness (QED) is 0.873. The highest BCUT2D eigenvalue weighted by Gasteiger charge is 2.47. The molecule has 2 aliphatic carbocycles. The number of hydrogen-bond donors (Lipinski definition) is 1. The fraction of sp³-hybridized carbons (Fsp3) is 0.667. The van der Waals surface area contributed by atoms with Crippen molar-refractivity contribution in [2.45, 2.75) is 32.7 Å². The van der Waals surface area contributed by atoms with Crippen molar-refractivity contribution < 1.29 is 4.79 Å². The lowest BCUT2D eigenvalue weighted by Crippen LogP contribution is -2.29. The molecule has 3 nitrogen and oxygen atoms in total. The Hall–Kier alpha value is -0.900. The van der Waals surface area contributed by atoms with Gasteiger partial charge in [-0.15, -0.1) is 11.3 Å². The zero-order valence-corrected chi connectivity index (χ0v) is 10.2. The fourth-order valence-corrected chi connectivity index (χ4v) is 3.43. The van der Waals surface area contributed by atoms with E-state index in [0.29, 0.717) is 6.54 Å². The van der Waals surface area contributed by atoms with E-state index in [4.69, 9.17) is 0 Å². The van der Waals surface area contributed by atoms with Crippen molar-refractivity contribution in [3.05, 3.63) is 16.1 Å². The number of hydrogen-bond acceptors (Lipinski definition) is 3. The minimum Gasteiger partial charge on any atom is -0.349 e. The van der Waals surface area contributed by atoms with Crippen LogP contribution in [0, 0.1) is 24.7 Å². The summed E-state index contributed by atoms with van der Waals surface area (Å²) < 4.78 is 0. The van der Waals surface area contributed by atoms with Crippen molar-refractivity contribution in [2.75, 3.05) is 0 Å². The molecule has 0 spiro atoms. The average molecular weight is 236 g/mol. The third-order valence-electron chi connectivity index (χ3n) is 3.69. The van der Waals surface area contributed by atoms with Crippen LogP contribution in [-0.2, 0) is 11.3 Å². The van der Waals surface area contributed by atoms with Gasteiger partial charge in [0.1, 0.15) is 5.01 Å². The lowest BCUT2D eigenvalue weighted by molar-refractivity contribution is -0.125. The van der Waals surface area contributed by atoms with Crippen LogP contribution in [0.25, 0.3) is 0 Å². The second-order valence-electron chi connectivity index (χ2n) is 5.02. The number of carbonyl (C=O) groups excluding carboxylic acids is 1. The number of rotatable bonds is 3. The molecule has 1 N–H and O–H groups in total. The van der Waals surface area contributed by atoms with Crippen LogP contribution in [0.1, 0.15) is 30.0 Å². The Labute approximate surface area is 99.3 Å². The number of amides is 1. The monoisotopic (exact) mass is 236 g/mol. The van der Waals surface area contributed by atoms with Gasteiger partial charge in [0.25, 0.3) is 0 Å². The van der Waals surface area contributed by atoms with E-state index >= 15 is 0 Å². The minimum absolute atomic E-state index is 0.236. The number of carbonyl (C=O) groups is 1. The molecule has 2 unspecified atom stereocenters. The van der Waals surface area contributed by atoms with Gasteiger partial charge in [0.05, 0.1) is 6.54 Å². The molecule has 1 heterocycles. The topological polar surface area (TPSA) is 42.0 Å². The van der Waals surface area contributed by atoms with Gasteiger partial charge in [0.2, 0.25) is 5.91 Å². The van der Waals surface area contributed by atoms with E-state index in [2.05, 4.69) is 10.3 Å². The molecule has 0 aromatic carbocycles. The maximum absolute atomic E-state index is 11.9. The lowest BCUT2D eigenvalue weighted by Gasteiger charge is -2.10. The van der Waals surface area contributed by atoms with E-state index < -0.39 is 0 Å². The first kappa shape index (κ1) is 10.3. The van der Waals surface area contributed by atoms with E-state index in [1.165, 1.54) is 6.42 Å². The number of aryl methyl sites for hydroxylation is 1. The molecule has 0 saturated heterocycles. The van der Waals surface area contributed by atoms with Gasteiger partial charge in [0, 0.05) is 17.0 Å². The summed E-state index contributed by atoms with van der Waals surface area (Å²) in [4.78, 5) is 16.2. The van der Waals surface area contributed by atoms with E-state index in [-0.39, 0.29) is 11.8 Å². The maximum Gasteiger partial charge on any atom is 0.223 e. The Morgan fingerprint density at radius 2 is 2.25 bits per heavy atom. The molecule has 1 amide bonds. The minimum atomic E-state index is 0.236. The van der Waals surface area contributed by atoms with Gasteiger partial charge < -0.3 is 5.32 Å². The van der Waals surface area contributed by atoms with E-state index in [1.54, 1.807) is 11.3 Å². The summed E-state index contributed by atoms with van der Waals surface area (Å²) in [6.45, 7) is 2.58. The van der Waals surface area contributed by atoms with Gasteiger partial charge in [0.15, 0.2) is 0 Å². The summed E-state index contributed by atoms with van der Waals surface area (Å²) in [5.41, 5.74) is 1.04. The summed E-state index contributed by atoms with van der Waals surface area (Å²) in [5.74, 6) is 2.26. The van der Waals surface area contributed by atoms with Crippen molar-refractivity contribution in [2.24, 2.45) is 17.8 Å². The van der Waals surface area contributed by atoms with Gasteiger partial charge in [-0.3, -0.25) is 4.79 Å². The Balaban J connectivity index is 1.49.